The molecule has 0 saturated carbocycles. The summed E-state index contributed by atoms with van der Waals surface area (Å²) in [6.07, 6.45) is -5.38. The van der Waals surface area contributed by atoms with Crippen LogP contribution >= 0.6 is 0 Å². The number of hydrogen-bond acceptors (Lipinski definition) is 7. The lowest BCUT2D eigenvalue weighted by Gasteiger charge is -2.41. The van der Waals surface area contributed by atoms with E-state index in [1.807, 2.05) is 36.4 Å². The minimum absolute atomic E-state index is 0.104. The van der Waals surface area contributed by atoms with Gasteiger partial charge in [0.15, 0.2) is 0 Å². The summed E-state index contributed by atoms with van der Waals surface area (Å²) in [5.41, 5.74) is 1.25. The fourth-order valence-electron chi connectivity index (χ4n) is 3.99. The monoisotopic (exact) mass is 561 g/mol. The number of nitrogens with zero attached hydrogens (tertiary/aromatic N) is 3. The fraction of sp³-hybridized carbons (Fsp3) is 0.636. The van der Waals surface area contributed by atoms with Crippen molar-refractivity contribution >= 4 is 17.8 Å². The van der Waals surface area contributed by atoms with E-state index in [2.05, 4.69) is 9.88 Å². The van der Waals surface area contributed by atoms with Crippen molar-refractivity contribution in [3.8, 4) is 0 Å². The Morgan fingerprint density at radius 1 is 1.03 bits per heavy atom. The van der Waals surface area contributed by atoms with Crippen LogP contribution in [0.4, 0.5) is 26.3 Å². The minimum atomic E-state index is -5.08. The van der Waals surface area contributed by atoms with E-state index in [0.717, 1.165) is 32.6 Å². The summed E-state index contributed by atoms with van der Waals surface area (Å²) in [5, 5.41) is 14.2. The van der Waals surface area contributed by atoms with Crippen molar-refractivity contribution < 1.29 is 60.4 Å². The Bertz CT molecular complexity index is 878. The number of pyridine rings is 1. The molecule has 0 aromatic carbocycles. The van der Waals surface area contributed by atoms with Crippen molar-refractivity contribution in [2.75, 3.05) is 40.0 Å². The van der Waals surface area contributed by atoms with Gasteiger partial charge in [0.2, 0.25) is 5.91 Å². The van der Waals surface area contributed by atoms with Crippen LogP contribution in [0.15, 0.2) is 24.5 Å². The SMILES string of the molecule is CCOCC(=O)N1CC[C@@H](OC)[C@H]2CN(Cc3ccncc3)C[C@H]21.O=C(O)C(F)(F)F.O=C(O)C(F)(F)F. The van der Waals surface area contributed by atoms with E-state index >= 15 is 0 Å². The van der Waals surface area contributed by atoms with E-state index < -0.39 is 24.3 Å². The number of alkyl halides is 6. The molecule has 10 nitrogen and oxygen atoms in total. The number of carbonyl (C=O) groups excluding carboxylic acids is 1. The van der Waals surface area contributed by atoms with Crippen LogP contribution in [-0.4, -0.2) is 107 Å². The van der Waals surface area contributed by atoms with E-state index in [0.29, 0.717) is 12.5 Å². The summed E-state index contributed by atoms with van der Waals surface area (Å²) in [4.78, 5) is 38.8. The molecule has 2 N–H and O–H groups in total. The van der Waals surface area contributed by atoms with Gasteiger partial charge in [0.05, 0.1) is 12.1 Å². The van der Waals surface area contributed by atoms with Crippen LogP contribution in [0.3, 0.4) is 0 Å². The van der Waals surface area contributed by atoms with Gasteiger partial charge in [0, 0.05) is 58.2 Å². The van der Waals surface area contributed by atoms with Gasteiger partial charge in [-0.15, -0.1) is 0 Å². The van der Waals surface area contributed by atoms with Gasteiger partial charge in [-0.1, -0.05) is 0 Å². The molecule has 0 unspecified atom stereocenters. The van der Waals surface area contributed by atoms with Gasteiger partial charge in [-0.25, -0.2) is 9.59 Å². The van der Waals surface area contributed by atoms with Crippen molar-refractivity contribution in [1.82, 2.24) is 14.8 Å². The van der Waals surface area contributed by atoms with Crippen molar-refractivity contribution in [3.05, 3.63) is 30.1 Å². The molecule has 1 aromatic heterocycles. The number of carbonyl (C=O) groups is 3. The standard InChI is InChI=1S/C18H27N3O3.2C2HF3O2/c1-3-24-13-18(22)21-9-6-17(23-2)15-11-20(12-16(15)21)10-14-4-7-19-8-5-14;2*3-2(4,5)1(6)7/h4-5,7-8,15-17H,3,6,9-13H2,1-2H3;2*(H,6,7)/t15-,16+,17+;;/m0../s1. The Hall–Kier alpha value is -2.98. The first-order chi connectivity index (χ1) is 17.6. The lowest BCUT2D eigenvalue weighted by molar-refractivity contribution is -0.193. The molecule has 16 heteroatoms. The zero-order chi connectivity index (χ0) is 29.1. The first kappa shape index (κ1) is 33.0. The third kappa shape index (κ3) is 10.8. The Morgan fingerprint density at radius 3 is 2.00 bits per heavy atom. The molecule has 2 aliphatic rings. The topological polar surface area (TPSA) is 130 Å². The maximum Gasteiger partial charge on any atom is 0.490 e. The molecular weight excluding hydrogens is 532 g/mol. The number of piperidine rings is 1. The van der Waals surface area contributed by atoms with Crippen LogP contribution in [-0.2, 0) is 30.4 Å². The molecule has 0 radical (unpaired) electrons. The second-order valence-electron chi connectivity index (χ2n) is 8.17. The first-order valence-corrected chi connectivity index (χ1v) is 11.2. The number of carboxylic acid groups (broad SMARTS) is 2. The third-order valence-corrected chi connectivity index (χ3v) is 5.63. The molecule has 1 amide bonds. The molecule has 0 aliphatic carbocycles. The number of ether oxygens (including phenoxy) is 2. The highest BCUT2D eigenvalue weighted by molar-refractivity contribution is 5.78. The molecule has 0 bridgehead atoms. The number of aliphatic carboxylic acids is 2. The predicted octanol–water partition coefficient (Wildman–Crippen LogP) is 2.43. The molecule has 0 spiro atoms. The van der Waals surface area contributed by atoms with Crippen molar-refractivity contribution in [2.24, 2.45) is 5.92 Å². The Morgan fingerprint density at radius 2 is 1.55 bits per heavy atom. The minimum Gasteiger partial charge on any atom is -0.475 e. The number of hydrogen-bond donors (Lipinski definition) is 2. The normalized spacial score (nSPS) is 21.4. The number of likely N-dealkylation sites (tertiary alicyclic amines) is 2. The molecule has 1 aromatic rings. The predicted molar refractivity (Wildman–Crippen MR) is 118 cm³/mol. The highest BCUT2D eigenvalue weighted by Gasteiger charge is 2.45. The number of methoxy groups -OCH3 is 1. The van der Waals surface area contributed by atoms with Crippen molar-refractivity contribution in [2.45, 2.75) is 44.4 Å². The summed E-state index contributed by atoms with van der Waals surface area (Å²) in [5.74, 6) is -5.04. The summed E-state index contributed by atoms with van der Waals surface area (Å²) >= 11 is 0. The lowest BCUT2D eigenvalue weighted by atomic mass is 9.89. The number of aromatic nitrogens is 1. The average Bonchev–Trinajstić information content (AvgIpc) is 3.25. The maximum absolute atomic E-state index is 12.5. The van der Waals surface area contributed by atoms with Crippen LogP contribution < -0.4 is 0 Å². The van der Waals surface area contributed by atoms with Gasteiger partial charge < -0.3 is 24.6 Å². The van der Waals surface area contributed by atoms with Gasteiger partial charge in [-0.2, -0.15) is 26.3 Å². The van der Waals surface area contributed by atoms with Gasteiger partial charge >= 0.3 is 24.3 Å². The van der Waals surface area contributed by atoms with E-state index in [4.69, 9.17) is 29.3 Å². The number of halogens is 6. The van der Waals surface area contributed by atoms with Crippen LogP contribution in [0, 0.1) is 5.92 Å². The van der Waals surface area contributed by atoms with E-state index in [1.165, 1.54) is 5.56 Å². The van der Waals surface area contributed by atoms with Gasteiger partial charge in [0.1, 0.15) is 6.61 Å². The smallest absolute Gasteiger partial charge is 0.475 e. The maximum atomic E-state index is 12.5. The van der Waals surface area contributed by atoms with Crippen LogP contribution in [0.2, 0.25) is 0 Å². The summed E-state index contributed by atoms with van der Waals surface area (Å²) in [6.45, 7) is 6.17. The molecule has 2 saturated heterocycles. The first-order valence-electron chi connectivity index (χ1n) is 11.2. The number of rotatable bonds is 6. The summed E-state index contributed by atoms with van der Waals surface area (Å²) in [7, 11) is 1.78. The zero-order valence-electron chi connectivity index (χ0n) is 20.5. The molecule has 3 atom stereocenters. The average molecular weight is 561 g/mol. The van der Waals surface area contributed by atoms with Crippen molar-refractivity contribution in [3.63, 3.8) is 0 Å². The molecule has 3 heterocycles. The number of carboxylic acids is 2. The Labute approximate surface area is 214 Å². The van der Waals surface area contributed by atoms with Crippen LogP contribution in [0.25, 0.3) is 0 Å². The molecule has 2 aliphatic heterocycles. The second-order valence-corrected chi connectivity index (χ2v) is 8.17. The van der Waals surface area contributed by atoms with Crippen LogP contribution in [0.5, 0.6) is 0 Å². The number of fused-ring (bicyclic) bond motifs is 1. The highest BCUT2D eigenvalue weighted by Crippen LogP contribution is 2.33. The Kier molecular flexibility index (Phi) is 12.9. The van der Waals surface area contributed by atoms with Crippen LogP contribution in [0.1, 0.15) is 18.9 Å². The molecular formula is C22H29F6N3O7. The Balaban J connectivity index is 0.000000426. The second kappa shape index (κ2) is 14.8. The van der Waals surface area contributed by atoms with Gasteiger partial charge in [-0.3, -0.25) is 14.7 Å². The lowest BCUT2D eigenvalue weighted by Crippen LogP contribution is -2.54. The fourth-order valence-corrected chi connectivity index (χ4v) is 3.99. The molecule has 3 rings (SSSR count). The number of amides is 1. The summed E-state index contributed by atoms with van der Waals surface area (Å²) < 4.78 is 74.5. The van der Waals surface area contributed by atoms with Crippen molar-refractivity contribution in [1.29, 1.82) is 0 Å². The largest absolute Gasteiger partial charge is 0.490 e. The van der Waals surface area contributed by atoms with Gasteiger partial charge in [0.25, 0.3) is 0 Å². The third-order valence-electron chi connectivity index (χ3n) is 5.63. The van der Waals surface area contributed by atoms with E-state index in [9.17, 15) is 31.1 Å². The summed E-state index contributed by atoms with van der Waals surface area (Å²) in [6, 6.07) is 4.32. The van der Waals surface area contributed by atoms with Gasteiger partial charge in [-0.05, 0) is 31.0 Å². The van der Waals surface area contributed by atoms with E-state index in [-0.39, 0.29) is 24.7 Å². The quantitative estimate of drug-likeness (QED) is 0.503. The highest BCUT2D eigenvalue weighted by atomic mass is 19.4. The molecule has 38 heavy (non-hydrogen) atoms. The molecule has 216 valence electrons. The molecule has 2 fully saturated rings. The zero-order valence-corrected chi connectivity index (χ0v) is 20.5. The van der Waals surface area contributed by atoms with E-state index in [1.54, 1.807) is 7.11 Å².